The highest BCUT2D eigenvalue weighted by molar-refractivity contribution is 7.16. The number of fused-ring (bicyclic) bond motifs is 1. The van der Waals surface area contributed by atoms with Gasteiger partial charge in [0, 0.05) is 21.3 Å². The van der Waals surface area contributed by atoms with Gasteiger partial charge in [0.15, 0.2) is 0 Å². The molecule has 2 aromatic heterocycles. The molecule has 0 unspecified atom stereocenters. The van der Waals surface area contributed by atoms with E-state index < -0.39 is 0 Å². The molecule has 0 N–H and O–H groups in total. The molecule has 2 heterocycles. The normalized spacial score (nSPS) is 11.4. The molecule has 1 nitrogen and oxygen atoms in total. The van der Waals surface area contributed by atoms with Crippen LogP contribution in [0.2, 0.25) is 0 Å². The lowest BCUT2D eigenvalue weighted by Gasteiger charge is -2.05. The molecule has 134 valence electrons. The van der Waals surface area contributed by atoms with Crippen molar-refractivity contribution < 1.29 is 0 Å². The van der Waals surface area contributed by atoms with E-state index in [2.05, 4.69) is 120 Å². The first-order valence-corrected chi connectivity index (χ1v) is 10.2. The zero-order chi connectivity index (χ0) is 18.8. The van der Waals surface area contributed by atoms with Gasteiger partial charge < -0.3 is 4.57 Å². The molecular weight excluding hydrogens is 358 g/mol. The molecule has 0 spiro atoms. The maximum absolute atomic E-state index is 2.28. The second kappa shape index (κ2) is 7.34. The van der Waals surface area contributed by atoms with E-state index in [1.807, 2.05) is 11.3 Å². The van der Waals surface area contributed by atoms with E-state index in [4.69, 9.17) is 0 Å². The lowest BCUT2D eigenvalue weighted by atomic mass is 10.1. The molecule has 0 aliphatic rings. The summed E-state index contributed by atoms with van der Waals surface area (Å²) in [7, 11) is 0. The van der Waals surface area contributed by atoms with Crippen LogP contribution in [0.1, 0.15) is 4.88 Å². The second-order valence-corrected chi connectivity index (χ2v) is 7.82. The Balaban J connectivity index is 1.56. The van der Waals surface area contributed by atoms with E-state index in [9.17, 15) is 0 Å². The van der Waals surface area contributed by atoms with Crippen LogP contribution in [0.4, 0.5) is 0 Å². The van der Waals surface area contributed by atoms with Crippen LogP contribution >= 0.6 is 11.3 Å². The number of aromatic nitrogens is 1. The minimum absolute atomic E-state index is 1.21. The number of para-hydroxylation sites is 1. The summed E-state index contributed by atoms with van der Waals surface area (Å²) in [6.45, 7) is 0. The fourth-order valence-corrected chi connectivity index (χ4v) is 4.42. The topological polar surface area (TPSA) is 4.93 Å². The predicted molar refractivity (Wildman–Crippen MR) is 122 cm³/mol. The molecule has 0 amide bonds. The summed E-state index contributed by atoms with van der Waals surface area (Å²) >= 11 is 1.81. The molecule has 28 heavy (non-hydrogen) atoms. The average Bonchev–Trinajstić information content (AvgIpc) is 3.38. The van der Waals surface area contributed by atoms with Crippen molar-refractivity contribution in [1.82, 2.24) is 4.57 Å². The van der Waals surface area contributed by atoms with Crippen LogP contribution in [-0.4, -0.2) is 4.57 Å². The molecule has 3 aromatic carbocycles. The fourth-order valence-electron chi connectivity index (χ4n) is 3.52. The largest absolute Gasteiger partial charge is 0.316 e. The number of hydrogen-bond acceptors (Lipinski definition) is 1. The standard InChI is InChI=1S/C26H19NS/c1-3-9-20(10-4-1)25-19-22-13-7-8-14-24(22)27(25)18-17-23-15-16-26(28-23)21-11-5-2-6-12-21/h1-19H/b18-17+. The number of thiophene rings is 1. The summed E-state index contributed by atoms with van der Waals surface area (Å²) in [5.74, 6) is 0. The first kappa shape index (κ1) is 16.8. The molecule has 0 aliphatic carbocycles. The Hall–Kier alpha value is -3.36. The Morgan fingerprint density at radius 1 is 0.643 bits per heavy atom. The molecule has 0 saturated carbocycles. The van der Waals surface area contributed by atoms with Crippen LogP contribution in [0.15, 0.2) is 103 Å². The minimum atomic E-state index is 1.21. The first-order valence-electron chi connectivity index (χ1n) is 9.37. The van der Waals surface area contributed by atoms with Gasteiger partial charge in [0.2, 0.25) is 0 Å². The lowest BCUT2D eigenvalue weighted by Crippen LogP contribution is -1.89. The Bertz CT molecular complexity index is 1240. The smallest absolute Gasteiger partial charge is 0.0534 e. The summed E-state index contributed by atoms with van der Waals surface area (Å²) in [5.41, 5.74) is 4.92. The molecule has 0 radical (unpaired) electrons. The highest BCUT2D eigenvalue weighted by Crippen LogP contribution is 2.31. The van der Waals surface area contributed by atoms with Crippen LogP contribution in [0, 0.1) is 0 Å². The van der Waals surface area contributed by atoms with Crippen molar-refractivity contribution >= 4 is 34.5 Å². The van der Waals surface area contributed by atoms with Crippen molar-refractivity contribution in [2.24, 2.45) is 0 Å². The van der Waals surface area contributed by atoms with Gasteiger partial charge >= 0.3 is 0 Å². The van der Waals surface area contributed by atoms with Gasteiger partial charge in [-0.1, -0.05) is 78.9 Å². The summed E-state index contributed by atoms with van der Waals surface area (Å²) in [5, 5.41) is 1.25. The molecular formula is C26H19NS. The van der Waals surface area contributed by atoms with Gasteiger partial charge in [-0.15, -0.1) is 11.3 Å². The number of benzene rings is 3. The summed E-state index contributed by atoms with van der Waals surface area (Å²) in [4.78, 5) is 2.54. The molecule has 0 fully saturated rings. The maximum Gasteiger partial charge on any atom is 0.0534 e. The van der Waals surface area contributed by atoms with Gasteiger partial charge in [0.05, 0.1) is 11.2 Å². The lowest BCUT2D eigenvalue weighted by molar-refractivity contribution is 1.24. The third-order valence-electron chi connectivity index (χ3n) is 4.89. The SMILES string of the molecule is C(=C\n1c(-c2ccccc2)cc2ccccc21)/c1ccc(-c2ccccc2)s1. The van der Waals surface area contributed by atoms with Crippen molar-refractivity contribution in [1.29, 1.82) is 0 Å². The third-order valence-corrected chi connectivity index (χ3v) is 5.99. The number of rotatable bonds is 4. The molecule has 5 aromatic rings. The Kier molecular flexibility index (Phi) is 4.40. The Morgan fingerprint density at radius 3 is 2.11 bits per heavy atom. The van der Waals surface area contributed by atoms with E-state index in [0.717, 1.165) is 0 Å². The fraction of sp³-hybridized carbons (Fsp3) is 0. The van der Waals surface area contributed by atoms with Crippen molar-refractivity contribution in [3.05, 3.63) is 108 Å². The molecule has 0 aliphatic heterocycles. The average molecular weight is 378 g/mol. The van der Waals surface area contributed by atoms with Crippen LogP contribution < -0.4 is 0 Å². The first-order chi connectivity index (χ1) is 13.9. The van der Waals surface area contributed by atoms with E-state index in [1.54, 1.807) is 0 Å². The zero-order valence-corrected chi connectivity index (χ0v) is 16.1. The van der Waals surface area contributed by atoms with Crippen LogP contribution in [0.5, 0.6) is 0 Å². The zero-order valence-electron chi connectivity index (χ0n) is 15.3. The van der Waals surface area contributed by atoms with E-state index in [-0.39, 0.29) is 0 Å². The summed E-state index contributed by atoms with van der Waals surface area (Å²) in [6.07, 6.45) is 4.39. The van der Waals surface area contributed by atoms with Gasteiger partial charge in [-0.2, -0.15) is 0 Å². The van der Waals surface area contributed by atoms with Gasteiger partial charge in [-0.05, 0) is 41.5 Å². The van der Waals surface area contributed by atoms with Gasteiger partial charge in [0.25, 0.3) is 0 Å². The van der Waals surface area contributed by atoms with Gasteiger partial charge in [-0.25, -0.2) is 0 Å². The van der Waals surface area contributed by atoms with E-state index in [0.29, 0.717) is 0 Å². The second-order valence-electron chi connectivity index (χ2n) is 6.71. The maximum atomic E-state index is 2.28. The van der Waals surface area contributed by atoms with Gasteiger partial charge in [0.1, 0.15) is 0 Å². The summed E-state index contributed by atoms with van der Waals surface area (Å²) < 4.78 is 2.28. The van der Waals surface area contributed by atoms with E-state index >= 15 is 0 Å². The van der Waals surface area contributed by atoms with Crippen molar-refractivity contribution in [2.45, 2.75) is 0 Å². The summed E-state index contributed by atoms with van der Waals surface area (Å²) in [6, 6.07) is 36.3. The Labute approximate surface area is 168 Å². The van der Waals surface area contributed by atoms with Crippen molar-refractivity contribution in [2.75, 3.05) is 0 Å². The Morgan fingerprint density at radius 2 is 1.32 bits per heavy atom. The third kappa shape index (κ3) is 3.19. The minimum Gasteiger partial charge on any atom is -0.316 e. The number of hydrogen-bond donors (Lipinski definition) is 0. The quantitative estimate of drug-likeness (QED) is 0.303. The highest BCUT2D eigenvalue weighted by Gasteiger charge is 2.08. The van der Waals surface area contributed by atoms with Crippen molar-refractivity contribution in [3.63, 3.8) is 0 Å². The van der Waals surface area contributed by atoms with Crippen LogP contribution in [-0.2, 0) is 0 Å². The molecule has 5 rings (SSSR count). The predicted octanol–water partition coefficient (Wildman–Crippen LogP) is 7.66. The molecule has 0 bridgehead atoms. The van der Waals surface area contributed by atoms with E-state index in [1.165, 1.54) is 37.5 Å². The van der Waals surface area contributed by atoms with Crippen molar-refractivity contribution in [3.8, 4) is 21.7 Å². The molecule has 0 saturated heterocycles. The highest BCUT2D eigenvalue weighted by atomic mass is 32.1. The molecule has 2 heteroatoms. The van der Waals surface area contributed by atoms with Crippen LogP contribution in [0.25, 0.3) is 44.9 Å². The van der Waals surface area contributed by atoms with Crippen LogP contribution in [0.3, 0.4) is 0 Å². The number of nitrogens with zero attached hydrogens (tertiary/aromatic N) is 1. The molecule has 0 atom stereocenters. The monoisotopic (exact) mass is 377 g/mol. The van der Waals surface area contributed by atoms with Gasteiger partial charge in [-0.3, -0.25) is 0 Å².